The maximum absolute atomic E-state index is 12.0. The van der Waals surface area contributed by atoms with Gasteiger partial charge in [0.15, 0.2) is 0 Å². The molecule has 0 saturated carbocycles. The molecule has 1 unspecified atom stereocenters. The summed E-state index contributed by atoms with van der Waals surface area (Å²) in [5.41, 5.74) is 1.79. The van der Waals surface area contributed by atoms with Gasteiger partial charge in [0, 0.05) is 22.3 Å². The average molecular weight is 320 g/mol. The number of carbonyl (C=O) groups excluding carboxylic acids is 1. The van der Waals surface area contributed by atoms with Crippen LogP contribution in [0, 0.1) is 0 Å². The first-order valence-electron chi connectivity index (χ1n) is 6.81. The number of anilines is 1. The van der Waals surface area contributed by atoms with Crippen LogP contribution in [0.3, 0.4) is 0 Å². The number of hydrogen-bond acceptors (Lipinski definition) is 4. The normalized spacial score (nSPS) is 16.4. The second-order valence-corrected chi connectivity index (χ2v) is 5.50. The first-order valence-corrected chi connectivity index (χ1v) is 7.18. The molecule has 1 aromatic heterocycles. The van der Waals surface area contributed by atoms with Gasteiger partial charge in [0.2, 0.25) is 5.91 Å². The number of nitrogens with one attached hydrogen (secondary N) is 1. The molecule has 0 fully saturated rings. The monoisotopic (exact) mass is 319 g/mol. The third-order valence-corrected chi connectivity index (χ3v) is 3.66. The maximum Gasteiger partial charge on any atom is 0.267 e. The zero-order valence-electron chi connectivity index (χ0n) is 11.9. The molecule has 6 nitrogen and oxygen atoms in total. The molecule has 3 rings (SSSR count). The molecular weight excluding hydrogens is 306 g/mol. The van der Waals surface area contributed by atoms with Crippen molar-refractivity contribution in [2.45, 2.75) is 26.2 Å². The van der Waals surface area contributed by atoms with Crippen molar-refractivity contribution in [3.05, 3.63) is 57.0 Å². The lowest BCUT2D eigenvalue weighted by molar-refractivity contribution is -0.117. The smallest absolute Gasteiger partial charge is 0.267 e. The van der Waals surface area contributed by atoms with Crippen molar-refractivity contribution in [2.24, 2.45) is 0 Å². The van der Waals surface area contributed by atoms with Crippen LogP contribution in [-0.2, 0) is 22.7 Å². The minimum atomic E-state index is -0.330. The Balaban J connectivity index is 1.75. The summed E-state index contributed by atoms with van der Waals surface area (Å²) in [6.07, 6.45) is -0.166. The Morgan fingerprint density at radius 1 is 1.45 bits per heavy atom. The summed E-state index contributed by atoms with van der Waals surface area (Å²) in [7, 11) is 0. The second kappa shape index (κ2) is 5.90. The van der Waals surface area contributed by atoms with Crippen LogP contribution >= 0.6 is 11.6 Å². The highest BCUT2D eigenvalue weighted by Gasteiger charge is 2.23. The third kappa shape index (κ3) is 3.03. The number of hydrogen-bond donors (Lipinski definition) is 1. The highest BCUT2D eigenvalue weighted by Crippen LogP contribution is 2.26. The minimum absolute atomic E-state index is 0.151. The van der Waals surface area contributed by atoms with E-state index in [-0.39, 0.29) is 24.1 Å². The van der Waals surface area contributed by atoms with Crippen molar-refractivity contribution in [3.63, 3.8) is 0 Å². The van der Waals surface area contributed by atoms with Gasteiger partial charge >= 0.3 is 0 Å². The number of rotatable bonds is 3. The predicted molar refractivity (Wildman–Crippen MR) is 81.8 cm³/mol. The summed E-state index contributed by atoms with van der Waals surface area (Å²) in [4.78, 5) is 24.0. The van der Waals surface area contributed by atoms with Crippen LogP contribution in [0.1, 0.15) is 24.3 Å². The number of nitrogens with zero attached hydrogens (tertiary/aromatic N) is 2. The average Bonchev–Trinajstić information content (AvgIpc) is 2.83. The number of aromatic nitrogens is 2. The van der Waals surface area contributed by atoms with E-state index in [0.29, 0.717) is 23.0 Å². The molecule has 0 bridgehead atoms. The standard InChI is InChI=1S/C15H14ClN3O3/c1-9-15-10(8-22-9)6-14(21)19(18-15)7-13(20)17-12-4-2-11(16)3-5-12/h2-6,9H,7-8H2,1H3,(H,17,20). The highest BCUT2D eigenvalue weighted by molar-refractivity contribution is 6.30. The van der Waals surface area contributed by atoms with E-state index in [0.717, 1.165) is 10.2 Å². The molecule has 1 aliphatic heterocycles. The summed E-state index contributed by atoms with van der Waals surface area (Å²) in [6, 6.07) is 8.21. The molecular formula is C15H14ClN3O3. The summed E-state index contributed by atoms with van der Waals surface area (Å²) in [5, 5.41) is 7.51. The molecule has 1 atom stereocenters. The molecule has 0 saturated heterocycles. The van der Waals surface area contributed by atoms with Gasteiger partial charge in [-0.3, -0.25) is 9.59 Å². The molecule has 2 aromatic rings. The van der Waals surface area contributed by atoms with Crippen molar-refractivity contribution in [2.75, 3.05) is 5.32 Å². The summed E-state index contributed by atoms with van der Waals surface area (Å²) in [5.74, 6) is -0.330. The lowest BCUT2D eigenvalue weighted by Gasteiger charge is -2.09. The summed E-state index contributed by atoms with van der Waals surface area (Å²) >= 11 is 5.79. The van der Waals surface area contributed by atoms with E-state index in [9.17, 15) is 9.59 Å². The van der Waals surface area contributed by atoms with Gasteiger partial charge in [0.25, 0.3) is 5.56 Å². The van der Waals surface area contributed by atoms with E-state index in [2.05, 4.69) is 10.4 Å². The quantitative estimate of drug-likeness (QED) is 0.940. The molecule has 0 spiro atoms. The van der Waals surface area contributed by atoms with Gasteiger partial charge in [-0.05, 0) is 31.2 Å². The van der Waals surface area contributed by atoms with Crippen LogP contribution in [0.2, 0.25) is 5.02 Å². The number of halogens is 1. The molecule has 0 radical (unpaired) electrons. The van der Waals surface area contributed by atoms with Crippen LogP contribution in [0.15, 0.2) is 35.1 Å². The number of benzene rings is 1. The lowest BCUT2D eigenvalue weighted by atomic mass is 10.2. The SMILES string of the molecule is CC1OCc2cc(=O)n(CC(=O)Nc3ccc(Cl)cc3)nc21. The minimum Gasteiger partial charge on any atom is -0.367 e. The van der Waals surface area contributed by atoms with E-state index in [4.69, 9.17) is 16.3 Å². The zero-order chi connectivity index (χ0) is 15.7. The molecule has 1 amide bonds. The van der Waals surface area contributed by atoms with Crippen molar-refractivity contribution < 1.29 is 9.53 Å². The van der Waals surface area contributed by atoms with Gasteiger partial charge in [-0.15, -0.1) is 0 Å². The molecule has 1 aromatic carbocycles. The van der Waals surface area contributed by atoms with Crippen LogP contribution in [-0.4, -0.2) is 15.7 Å². The fourth-order valence-electron chi connectivity index (χ4n) is 2.28. The van der Waals surface area contributed by atoms with E-state index in [1.165, 1.54) is 6.07 Å². The third-order valence-electron chi connectivity index (χ3n) is 3.40. The summed E-state index contributed by atoms with van der Waals surface area (Å²) in [6.45, 7) is 2.10. The van der Waals surface area contributed by atoms with Crippen molar-refractivity contribution >= 4 is 23.2 Å². The predicted octanol–water partition coefficient (Wildman–Crippen LogP) is 2.13. The van der Waals surface area contributed by atoms with Gasteiger partial charge in [-0.1, -0.05) is 11.6 Å². The maximum atomic E-state index is 12.0. The zero-order valence-corrected chi connectivity index (χ0v) is 12.6. The number of fused-ring (bicyclic) bond motifs is 1. The highest BCUT2D eigenvalue weighted by atomic mass is 35.5. The summed E-state index contributed by atoms with van der Waals surface area (Å²) < 4.78 is 6.57. The van der Waals surface area contributed by atoms with Crippen LogP contribution in [0.4, 0.5) is 5.69 Å². The van der Waals surface area contributed by atoms with Gasteiger partial charge in [-0.25, -0.2) is 4.68 Å². The molecule has 2 heterocycles. The van der Waals surface area contributed by atoms with Crippen molar-refractivity contribution in [1.29, 1.82) is 0 Å². The van der Waals surface area contributed by atoms with Gasteiger partial charge in [-0.2, -0.15) is 5.10 Å². The van der Waals surface area contributed by atoms with Crippen LogP contribution in [0.25, 0.3) is 0 Å². The Hall–Kier alpha value is -2.18. The number of amides is 1. The number of carbonyl (C=O) groups is 1. The van der Waals surface area contributed by atoms with E-state index >= 15 is 0 Å². The fourth-order valence-corrected chi connectivity index (χ4v) is 2.40. The first kappa shape index (κ1) is 14.7. The number of ether oxygens (including phenoxy) is 1. The Labute approximate surface area is 131 Å². The topological polar surface area (TPSA) is 73.2 Å². The molecule has 114 valence electrons. The molecule has 0 aliphatic carbocycles. The Kier molecular flexibility index (Phi) is 3.96. The Morgan fingerprint density at radius 3 is 2.91 bits per heavy atom. The molecule has 1 N–H and O–H groups in total. The Bertz CT molecular complexity index is 771. The molecule has 1 aliphatic rings. The molecule has 22 heavy (non-hydrogen) atoms. The van der Waals surface area contributed by atoms with Gasteiger partial charge < -0.3 is 10.1 Å². The van der Waals surface area contributed by atoms with Crippen molar-refractivity contribution in [1.82, 2.24) is 9.78 Å². The Morgan fingerprint density at radius 2 is 2.18 bits per heavy atom. The lowest BCUT2D eigenvalue weighted by Crippen LogP contribution is -2.30. The van der Waals surface area contributed by atoms with E-state index in [1.54, 1.807) is 24.3 Å². The van der Waals surface area contributed by atoms with E-state index in [1.807, 2.05) is 6.92 Å². The van der Waals surface area contributed by atoms with E-state index < -0.39 is 0 Å². The van der Waals surface area contributed by atoms with Gasteiger partial charge in [0.1, 0.15) is 6.54 Å². The van der Waals surface area contributed by atoms with Gasteiger partial charge in [0.05, 0.1) is 18.4 Å². The van der Waals surface area contributed by atoms with Crippen LogP contribution in [0.5, 0.6) is 0 Å². The second-order valence-electron chi connectivity index (χ2n) is 5.06. The fraction of sp³-hybridized carbons (Fsp3) is 0.267. The van der Waals surface area contributed by atoms with Crippen molar-refractivity contribution in [3.8, 4) is 0 Å². The largest absolute Gasteiger partial charge is 0.367 e. The molecule has 7 heteroatoms. The van der Waals surface area contributed by atoms with Crippen LogP contribution < -0.4 is 10.9 Å². The first-order chi connectivity index (χ1) is 10.5.